The molecule has 0 bridgehead atoms. The predicted molar refractivity (Wildman–Crippen MR) is 61.2 cm³/mol. The van der Waals surface area contributed by atoms with Crippen molar-refractivity contribution in [2.75, 3.05) is 0 Å². The molecule has 0 radical (unpaired) electrons. The minimum Gasteiger partial charge on any atom is -0.480 e. The first-order chi connectivity index (χ1) is 7.00. The first-order valence-corrected chi connectivity index (χ1v) is 5.40. The van der Waals surface area contributed by atoms with Crippen LogP contribution in [0.1, 0.15) is 30.4 Å². The van der Waals surface area contributed by atoms with Crippen LogP contribution in [0.3, 0.4) is 0 Å². The van der Waals surface area contributed by atoms with Gasteiger partial charge in [-0.1, -0.05) is 38.1 Å². The summed E-state index contributed by atoms with van der Waals surface area (Å²) in [5.74, 6) is -0.407. The molecule has 0 fully saturated rings. The van der Waals surface area contributed by atoms with Crippen LogP contribution in [0.25, 0.3) is 0 Å². The normalized spacial score (nSPS) is 12.8. The van der Waals surface area contributed by atoms with Crippen LogP contribution in [0.4, 0.5) is 0 Å². The van der Waals surface area contributed by atoms with E-state index in [-0.39, 0.29) is 0 Å². The molecule has 0 amide bonds. The molecular formula is C12H15ClO2. The Morgan fingerprint density at radius 1 is 1.33 bits per heavy atom. The van der Waals surface area contributed by atoms with Gasteiger partial charge in [-0.15, -0.1) is 11.6 Å². The highest BCUT2D eigenvalue weighted by atomic mass is 35.5. The fraction of sp³-hybridized carbons (Fsp3) is 0.417. The van der Waals surface area contributed by atoms with Gasteiger partial charge >= 0.3 is 5.97 Å². The smallest absolute Gasteiger partial charge is 0.326 e. The summed E-state index contributed by atoms with van der Waals surface area (Å²) in [6.07, 6.45) is 1.00. The Hall–Kier alpha value is -1.02. The molecule has 3 heteroatoms. The molecule has 1 rings (SSSR count). The van der Waals surface area contributed by atoms with Gasteiger partial charge in [-0.25, -0.2) is 0 Å². The van der Waals surface area contributed by atoms with Crippen LogP contribution in [0.2, 0.25) is 0 Å². The van der Waals surface area contributed by atoms with Crippen LogP contribution in [0.5, 0.6) is 0 Å². The number of hydrogen-bond acceptors (Lipinski definition) is 1. The van der Waals surface area contributed by atoms with E-state index in [9.17, 15) is 4.79 Å². The predicted octanol–water partition coefficient (Wildman–Crippen LogP) is 3.25. The average Bonchev–Trinajstić information content (AvgIpc) is 2.17. The van der Waals surface area contributed by atoms with E-state index in [4.69, 9.17) is 16.7 Å². The van der Waals surface area contributed by atoms with Gasteiger partial charge in [-0.2, -0.15) is 0 Å². The fourth-order valence-electron chi connectivity index (χ4n) is 1.44. The average molecular weight is 227 g/mol. The maximum absolute atomic E-state index is 10.6. The number of carboxylic acids is 1. The summed E-state index contributed by atoms with van der Waals surface area (Å²) in [5, 5.41) is 7.77. The fourth-order valence-corrected chi connectivity index (χ4v) is 1.58. The van der Waals surface area contributed by atoms with Crippen molar-refractivity contribution < 1.29 is 9.90 Å². The third-order valence-electron chi connectivity index (χ3n) is 2.13. The second-order valence-electron chi connectivity index (χ2n) is 4.04. The molecule has 0 saturated heterocycles. The lowest BCUT2D eigenvalue weighted by atomic mass is 10.0. The highest BCUT2D eigenvalue weighted by molar-refractivity contribution is 6.29. The number of carboxylic acid groups (broad SMARTS) is 1. The van der Waals surface area contributed by atoms with Crippen molar-refractivity contribution in [3.05, 3.63) is 35.4 Å². The maximum Gasteiger partial charge on any atom is 0.326 e. The number of benzene rings is 1. The van der Waals surface area contributed by atoms with Gasteiger partial charge in [0.05, 0.1) is 0 Å². The Balaban J connectivity index is 2.76. The molecule has 15 heavy (non-hydrogen) atoms. The third-order valence-corrected chi connectivity index (χ3v) is 2.57. The van der Waals surface area contributed by atoms with Crippen LogP contribution < -0.4 is 0 Å². The van der Waals surface area contributed by atoms with Gasteiger partial charge in [0.1, 0.15) is 0 Å². The molecule has 0 aliphatic heterocycles. The zero-order valence-electron chi connectivity index (χ0n) is 8.90. The van der Waals surface area contributed by atoms with Gasteiger partial charge in [0.25, 0.3) is 0 Å². The second-order valence-corrected chi connectivity index (χ2v) is 4.48. The molecule has 0 unspecified atom stereocenters. The summed E-state index contributed by atoms with van der Waals surface area (Å²) in [7, 11) is 0. The number of alkyl halides is 1. The molecule has 0 spiro atoms. The highest BCUT2D eigenvalue weighted by Gasteiger charge is 2.15. The first-order valence-electron chi connectivity index (χ1n) is 4.96. The second kappa shape index (κ2) is 5.17. The summed E-state index contributed by atoms with van der Waals surface area (Å²) < 4.78 is 0. The minimum atomic E-state index is -1.01. The molecule has 1 aromatic rings. The molecule has 1 aromatic carbocycles. The van der Waals surface area contributed by atoms with Crippen LogP contribution in [0.15, 0.2) is 24.3 Å². The van der Waals surface area contributed by atoms with E-state index in [1.807, 2.05) is 12.1 Å². The SMILES string of the molecule is CC(C)Cc1ccc([C@@H](Cl)C(=O)O)cc1. The van der Waals surface area contributed by atoms with E-state index in [0.29, 0.717) is 11.5 Å². The van der Waals surface area contributed by atoms with Crippen LogP contribution >= 0.6 is 11.6 Å². The van der Waals surface area contributed by atoms with Crippen LogP contribution in [-0.2, 0) is 11.2 Å². The van der Waals surface area contributed by atoms with Gasteiger partial charge in [0.15, 0.2) is 5.38 Å². The standard InChI is InChI=1S/C12H15ClO2/c1-8(2)7-9-3-5-10(6-4-9)11(13)12(14)15/h3-6,8,11H,7H2,1-2H3,(H,14,15)/t11-/m1/s1. The van der Waals surface area contributed by atoms with Crippen molar-refractivity contribution in [1.29, 1.82) is 0 Å². The molecule has 0 aromatic heterocycles. The number of halogens is 1. The lowest BCUT2D eigenvalue weighted by Gasteiger charge is -2.07. The molecule has 82 valence electrons. The number of carbonyl (C=O) groups is 1. The van der Waals surface area contributed by atoms with Crippen LogP contribution in [-0.4, -0.2) is 11.1 Å². The topological polar surface area (TPSA) is 37.3 Å². The number of rotatable bonds is 4. The molecule has 2 nitrogen and oxygen atoms in total. The Morgan fingerprint density at radius 2 is 1.87 bits per heavy atom. The Kier molecular flexibility index (Phi) is 4.15. The molecule has 0 aliphatic rings. The quantitative estimate of drug-likeness (QED) is 0.801. The largest absolute Gasteiger partial charge is 0.480 e. The maximum atomic E-state index is 10.6. The Labute approximate surface area is 94.9 Å². The van der Waals surface area contributed by atoms with Crippen molar-refractivity contribution in [3.8, 4) is 0 Å². The van der Waals surface area contributed by atoms with E-state index in [0.717, 1.165) is 6.42 Å². The monoisotopic (exact) mass is 226 g/mol. The molecule has 0 saturated carbocycles. The zero-order chi connectivity index (χ0) is 11.4. The van der Waals surface area contributed by atoms with E-state index < -0.39 is 11.3 Å². The van der Waals surface area contributed by atoms with E-state index in [1.54, 1.807) is 12.1 Å². The van der Waals surface area contributed by atoms with Gasteiger partial charge in [0.2, 0.25) is 0 Å². The van der Waals surface area contributed by atoms with Gasteiger partial charge in [-0.05, 0) is 23.5 Å². The number of hydrogen-bond donors (Lipinski definition) is 1. The zero-order valence-corrected chi connectivity index (χ0v) is 9.66. The lowest BCUT2D eigenvalue weighted by Crippen LogP contribution is -2.05. The highest BCUT2D eigenvalue weighted by Crippen LogP contribution is 2.21. The molecule has 1 atom stereocenters. The van der Waals surface area contributed by atoms with Crippen molar-refractivity contribution >= 4 is 17.6 Å². The molecular weight excluding hydrogens is 212 g/mol. The summed E-state index contributed by atoms with van der Waals surface area (Å²) in [4.78, 5) is 10.6. The molecule has 0 aliphatic carbocycles. The van der Waals surface area contributed by atoms with Crippen molar-refractivity contribution in [3.63, 3.8) is 0 Å². The van der Waals surface area contributed by atoms with Gasteiger partial charge in [0, 0.05) is 0 Å². The molecule has 0 heterocycles. The third kappa shape index (κ3) is 3.56. The summed E-state index contributed by atoms with van der Waals surface area (Å²) in [5.41, 5.74) is 1.85. The molecule has 1 N–H and O–H groups in total. The first kappa shape index (κ1) is 12.1. The number of aliphatic carboxylic acids is 1. The van der Waals surface area contributed by atoms with Crippen molar-refractivity contribution in [2.45, 2.75) is 25.6 Å². The summed E-state index contributed by atoms with van der Waals surface area (Å²) >= 11 is 5.70. The minimum absolute atomic E-state index is 0.599. The van der Waals surface area contributed by atoms with Crippen LogP contribution in [0, 0.1) is 5.92 Å². The van der Waals surface area contributed by atoms with Crippen molar-refractivity contribution in [1.82, 2.24) is 0 Å². The van der Waals surface area contributed by atoms with E-state index in [2.05, 4.69) is 13.8 Å². The van der Waals surface area contributed by atoms with Gasteiger partial charge in [-0.3, -0.25) is 4.79 Å². The summed E-state index contributed by atoms with van der Waals surface area (Å²) in [6.45, 7) is 4.30. The lowest BCUT2D eigenvalue weighted by molar-refractivity contribution is -0.136. The summed E-state index contributed by atoms with van der Waals surface area (Å²) in [6, 6.07) is 7.44. The van der Waals surface area contributed by atoms with E-state index >= 15 is 0 Å². The van der Waals surface area contributed by atoms with Crippen molar-refractivity contribution in [2.24, 2.45) is 5.92 Å². The van der Waals surface area contributed by atoms with Gasteiger partial charge < -0.3 is 5.11 Å². The van der Waals surface area contributed by atoms with E-state index in [1.165, 1.54) is 5.56 Å². The Bertz CT molecular complexity index is 330. The Morgan fingerprint density at radius 3 is 2.27 bits per heavy atom.